The van der Waals surface area contributed by atoms with Crippen LogP contribution in [-0.4, -0.2) is 15.9 Å². The van der Waals surface area contributed by atoms with Gasteiger partial charge < -0.3 is 10.4 Å². The number of hydrogen-bond acceptors (Lipinski definition) is 4. The number of benzene rings is 1. The lowest BCUT2D eigenvalue weighted by atomic mass is 9.96. The summed E-state index contributed by atoms with van der Waals surface area (Å²) in [6.07, 6.45) is 7.09. The molecule has 1 aliphatic rings. The Bertz CT molecular complexity index is 522. The lowest BCUT2D eigenvalue weighted by Crippen LogP contribution is -2.17. The van der Waals surface area contributed by atoms with Gasteiger partial charge in [-0.25, -0.2) is 0 Å². The van der Waals surface area contributed by atoms with Crippen molar-refractivity contribution in [3.8, 4) is 5.75 Å². The van der Waals surface area contributed by atoms with Gasteiger partial charge in [0.25, 0.3) is 5.69 Å². The average Bonchev–Trinajstić information content (AvgIpc) is 2.69. The van der Waals surface area contributed by atoms with Gasteiger partial charge in [0.15, 0.2) is 5.69 Å². The first-order valence-electron chi connectivity index (χ1n) is 7.34. The van der Waals surface area contributed by atoms with Crippen LogP contribution in [0, 0.1) is 16.0 Å². The van der Waals surface area contributed by atoms with Gasteiger partial charge in [-0.2, -0.15) is 0 Å². The van der Waals surface area contributed by atoms with Crippen LogP contribution in [0.5, 0.6) is 5.75 Å². The zero-order valence-electron chi connectivity index (χ0n) is 11.9. The Kier molecular flexibility index (Phi) is 5.14. The molecule has 1 fully saturated rings. The van der Waals surface area contributed by atoms with Gasteiger partial charge in [-0.15, -0.1) is 0 Å². The second kappa shape index (κ2) is 7.06. The number of nitro benzene ring substituents is 1. The third-order valence-electron chi connectivity index (χ3n) is 3.93. The Morgan fingerprint density at radius 3 is 2.57 bits per heavy atom. The van der Waals surface area contributed by atoms with Crippen molar-refractivity contribution in [2.45, 2.75) is 44.9 Å². The van der Waals surface area contributed by atoms with Crippen molar-refractivity contribution < 1.29 is 14.8 Å². The number of para-hydroxylation sites is 1. The van der Waals surface area contributed by atoms with Gasteiger partial charge in [0.2, 0.25) is 5.91 Å². The Hall–Kier alpha value is -2.11. The monoisotopic (exact) mass is 292 g/mol. The summed E-state index contributed by atoms with van der Waals surface area (Å²) in [6, 6.07) is 3.98. The summed E-state index contributed by atoms with van der Waals surface area (Å²) in [5.41, 5.74) is -0.398. The normalized spacial score (nSPS) is 16.2. The fourth-order valence-corrected chi connectivity index (χ4v) is 2.83. The Labute approximate surface area is 123 Å². The molecule has 1 aliphatic carbocycles. The largest absolute Gasteiger partial charge is 0.505 e. The molecule has 6 heteroatoms. The highest BCUT2D eigenvalue weighted by Gasteiger charge is 2.21. The van der Waals surface area contributed by atoms with Crippen molar-refractivity contribution in [1.29, 1.82) is 0 Å². The molecular formula is C15H20N2O4. The van der Waals surface area contributed by atoms with Crippen LogP contribution in [0.2, 0.25) is 0 Å². The maximum Gasteiger partial charge on any atom is 0.296 e. The number of aromatic hydroxyl groups is 1. The van der Waals surface area contributed by atoms with Gasteiger partial charge in [0.1, 0.15) is 5.75 Å². The minimum Gasteiger partial charge on any atom is -0.505 e. The molecule has 114 valence electrons. The number of nitrogens with zero attached hydrogens (tertiary/aromatic N) is 1. The van der Waals surface area contributed by atoms with Gasteiger partial charge in [0.05, 0.1) is 4.92 Å². The lowest BCUT2D eigenvalue weighted by molar-refractivity contribution is -0.384. The van der Waals surface area contributed by atoms with Crippen LogP contribution in [-0.2, 0) is 4.79 Å². The number of phenols is 1. The van der Waals surface area contributed by atoms with E-state index in [1.165, 1.54) is 31.0 Å². The van der Waals surface area contributed by atoms with Gasteiger partial charge >= 0.3 is 0 Å². The quantitative estimate of drug-likeness (QED) is 0.384. The molecule has 2 rings (SSSR count). The molecule has 0 unspecified atom stereocenters. The zero-order chi connectivity index (χ0) is 15.2. The second-order valence-corrected chi connectivity index (χ2v) is 5.54. The van der Waals surface area contributed by atoms with Gasteiger partial charge in [-0.1, -0.05) is 31.7 Å². The predicted octanol–water partition coefficient (Wildman–Crippen LogP) is 3.60. The third-order valence-corrected chi connectivity index (χ3v) is 3.93. The lowest BCUT2D eigenvalue weighted by Gasteiger charge is -2.14. The predicted molar refractivity (Wildman–Crippen MR) is 79.2 cm³/mol. The zero-order valence-corrected chi connectivity index (χ0v) is 11.9. The molecular weight excluding hydrogens is 272 g/mol. The second-order valence-electron chi connectivity index (χ2n) is 5.54. The van der Waals surface area contributed by atoms with E-state index in [0.29, 0.717) is 12.3 Å². The molecule has 1 amide bonds. The molecule has 1 saturated carbocycles. The molecule has 1 aromatic rings. The van der Waals surface area contributed by atoms with Crippen LogP contribution < -0.4 is 5.32 Å². The minimum atomic E-state index is -0.610. The molecule has 0 radical (unpaired) electrons. The molecule has 2 N–H and O–H groups in total. The van der Waals surface area contributed by atoms with E-state index in [1.807, 2.05) is 0 Å². The highest BCUT2D eigenvalue weighted by atomic mass is 16.6. The number of phenolic OH excluding ortho intramolecular Hbond substituents is 1. The summed E-state index contributed by atoms with van der Waals surface area (Å²) in [5.74, 6) is -0.220. The molecule has 0 bridgehead atoms. The summed E-state index contributed by atoms with van der Waals surface area (Å²) < 4.78 is 0. The summed E-state index contributed by atoms with van der Waals surface area (Å²) in [7, 11) is 0. The first kappa shape index (κ1) is 15.3. The SMILES string of the molecule is O=C(CC1CCCCCC1)Nc1c(O)cccc1[N+](=O)[O-]. The van der Waals surface area contributed by atoms with Crippen LogP contribution in [0.15, 0.2) is 18.2 Å². The maximum atomic E-state index is 12.1. The fourth-order valence-electron chi connectivity index (χ4n) is 2.83. The van der Waals surface area contributed by atoms with Crippen molar-refractivity contribution in [3.63, 3.8) is 0 Å². The molecule has 0 saturated heterocycles. The smallest absolute Gasteiger partial charge is 0.296 e. The Morgan fingerprint density at radius 2 is 1.95 bits per heavy atom. The first-order valence-corrected chi connectivity index (χ1v) is 7.34. The van der Waals surface area contributed by atoms with E-state index in [0.717, 1.165) is 25.7 Å². The van der Waals surface area contributed by atoms with Crippen LogP contribution in [0.25, 0.3) is 0 Å². The molecule has 0 heterocycles. The number of amides is 1. The van der Waals surface area contributed by atoms with E-state index in [9.17, 15) is 20.0 Å². The molecule has 0 spiro atoms. The van der Waals surface area contributed by atoms with Crippen molar-refractivity contribution in [1.82, 2.24) is 0 Å². The van der Waals surface area contributed by atoms with Crippen molar-refractivity contribution in [3.05, 3.63) is 28.3 Å². The first-order chi connectivity index (χ1) is 10.1. The molecule has 21 heavy (non-hydrogen) atoms. The van der Waals surface area contributed by atoms with Crippen LogP contribution >= 0.6 is 0 Å². The molecule has 0 aromatic heterocycles. The summed E-state index contributed by atoms with van der Waals surface area (Å²) >= 11 is 0. The Balaban J connectivity index is 2.03. The minimum absolute atomic E-state index is 0.110. The standard InChI is InChI=1S/C15H20N2O4/c18-13-9-5-8-12(17(20)21)15(13)16-14(19)10-11-6-3-1-2-4-7-11/h5,8-9,11,18H,1-4,6-7,10H2,(H,16,19). The average molecular weight is 292 g/mol. The number of carbonyl (C=O) groups is 1. The number of nitrogens with one attached hydrogen (secondary N) is 1. The van der Waals surface area contributed by atoms with Gasteiger partial charge in [-0.05, 0) is 24.8 Å². The van der Waals surface area contributed by atoms with E-state index < -0.39 is 4.92 Å². The topological polar surface area (TPSA) is 92.5 Å². The summed E-state index contributed by atoms with van der Waals surface area (Å²) in [6.45, 7) is 0. The number of nitro groups is 1. The van der Waals surface area contributed by atoms with Crippen molar-refractivity contribution in [2.24, 2.45) is 5.92 Å². The highest BCUT2D eigenvalue weighted by Crippen LogP contribution is 2.34. The number of carbonyl (C=O) groups excluding carboxylic acids is 1. The molecule has 0 atom stereocenters. The maximum absolute atomic E-state index is 12.1. The molecule has 6 nitrogen and oxygen atoms in total. The van der Waals surface area contributed by atoms with Crippen molar-refractivity contribution in [2.75, 3.05) is 5.32 Å². The number of hydrogen-bond donors (Lipinski definition) is 2. The van der Waals surface area contributed by atoms with E-state index in [-0.39, 0.29) is 23.0 Å². The Morgan fingerprint density at radius 1 is 1.29 bits per heavy atom. The van der Waals surface area contributed by atoms with E-state index in [2.05, 4.69) is 5.32 Å². The van der Waals surface area contributed by atoms with Crippen LogP contribution in [0.3, 0.4) is 0 Å². The van der Waals surface area contributed by atoms with E-state index in [1.54, 1.807) is 0 Å². The highest BCUT2D eigenvalue weighted by molar-refractivity contribution is 5.95. The molecule has 0 aliphatic heterocycles. The van der Waals surface area contributed by atoms with E-state index >= 15 is 0 Å². The fraction of sp³-hybridized carbons (Fsp3) is 0.533. The molecule has 1 aromatic carbocycles. The van der Waals surface area contributed by atoms with Gasteiger partial charge in [-0.3, -0.25) is 14.9 Å². The summed E-state index contributed by atoms with van der Waals surface area (Å²) in [5, 5.41) is 23.2. The van der Waals surface area contributed by atoms with Crippen LogP contribution in [0.4, 0.5) is 11.4 Å². The van der Waals surface area contributed by atoms with Crippen molar-refractivity contribution >= 4 is 17.3 Å². The number of rotatable bonds is 4. The van der Waals surface area contributed by atoms with Crippen LogP contribution in [0.1, 0.15) is 44.9 Å². The van der Waals surface area contributed by atoms with Gasteiger partial charge in [0, 0.05) is 12.5 Å². The summed E-state index contributed by atoms with van der Waals surface area (Å²) in [4.78, 5) is 22.4. The number of anilines is 1. The van der Waals surface area contributed by atoms with E-state index in [4.69, 9.17) is 0 Å². The third kappa shape index (κ3) is 4.18.